The summed E-state index contributed by atoms with van der Waals surface area (Å²) in [4.78, 5) is 4.22. The molecule has 0 unspecified atom stereocenters. The molecule has 0 bridgehead atoms. The maximum Gasteiger partial charge on any atom is 0.263 e. The van der Waals surface area contributed by atoms with Crippen LogP contribution in [0.4, 0.5) is 5.82 Å². The van der Waals surface area contributed by atoms with E-state index in [0.717, 1.165) is 16.7 Å². The topological polar surface area (TPSA) is 87.7 Å². The van der Waals surface area contributed by atoms with Crippen molar-refractivity contribution in [3.05, 3.63) is 85.2 Å². The van der Waals surface area contributed by atoms with Gasteiger partial charge in [-0.25, -0.2) is 8.42 Å². The van der Waals surface area contributed by atoms with Crippen LogP contribution in [-0.4, -0.2) is 23.6 Å². The molecule has 0 aliphatic carbocycles. The number of aromatic nitrogens is 3. The van der Waals surface area contributed by atoms with Crippen molar-refractivity contribution in [2.75, 3.05) is 4.72 Å². The number of hydrogen-bond acceptors (Lipinski definition) is 4. The number of aromatic amines is 1. The van der Waals surface area contributed by atoms with Crippen LogP contribution >= 0.6 is 0 Å². The Balaban J connectivity index is 1.60. The van der Waals surface area contributed by atoms with Gasteiger partial charge in [0.05, 0.1) is 10.6 Å². The highest BCUT2D eigenvalue weighted by molar-refractivity contribution is 7.92. The van der Waals surface area contributed by atoms with Crippen LogP contribution < -0.4 is 4.72 Å². The second kappa shape index (κ2) is 7.05. The van der Waals surface area contributed by atoms with Crippen LogP contribution in [0.25, 0.3) is 22.4 Å². The van der Waals surface area contributed by atoms with Crippen molar-refractivity contribution in [3.63, 3.8) is 0 Å². The van der Waals surface area contributed by atoms with Crippen LogP contribution in [0.15, 0.2) is 90.1 Å². The zero-order valence-corrected chi connectivity index (χ0v) is 15.0. The van der Waals surface area contributed by atoms with E-state index in [-0.39, 0.29) is 10.7 Å². The smallest absolute Gasteiger partial charge is 0.263 e. The Kier molecular flexibility index (Phi) is 4.43. The molecule has 134 valence electrons. The molecule has 0 spiro atoms. The summed E-state index contributed by atoms with van der Waals surface area (Å²) in [6.45, 7) is 0. The first-order valence-corrected chi connectivity index (χ1v) is 9.74. The molecule has 0 aliphatic rings. The molecule has 0 saturated heterocycles. The predicted molar refractivity (Wildman–Crippen MR) is 105 cm³/mol. The third kappa shape index (κ3) is 3.73. The standard InChI is InChI=1S/C20H16N4O2S/c25-27(26,18-10-4-8-16(12-18)15-6-2-1-3-7-15)24-20-13-19(22-23-20)17-9-5-11-21-14-17/h1-14H,(H2,22,23,24). The van der Waals surface area contributed by atoms with Gasteiger partial charge >= 0.3 is 0 Å². The lowest BCUT2D eigenvalue weighted by Crippen LogP contribution is -2.13. The van der Waals surface area contributed by atoms with Gasteiger partial charge < -0.3 is 0 Å². The Morgan fingerprint density at radius 1 is 0.815 bits per heavy atom. The summed E-state index contributed by atoms with van der Waals surface area (Å²) in [5, 5.41) is 6.86. The number of hydrogen-bond donors (Lipinski definition) is 2. The minimum Gasteiger partial charge on any atom is -0.276 e. The molecule has 0 radical (unpaired) electrons. The summed E-state index contributed by atoms with van der Waals surface area (Å²) in [5.41, 5.74) is 3.28. The summed E-state index contributed by atoms with van der Waals surface area (Å²) < 4.78 is 28.0. The second-order valence-electron chi connectivity index (χ2n) is 5.91. The highest BCUT2D eigenvalue weighted by Crippen LogP contribution is 2.24. The largest absolute Gasteiger partial charge is 0.276 e. The zero-order valence-electron chi connectivity index (χ0n) is 14.2. The zero-order chi connectivity index (χ0) is 18.7. The fourth-order valence-electron chi connectivity index (χ4n) is 2.71. The lowest BCUT2D eigenvalue weighted by molar-refractivity contribution is 0.601. The lowest BCUT2D eigenvalue weighted by atomic mass is 10.1. The van der Waals surface area contributed by atoms with Crippen molar-refractivity contribution in [2.24, 2.45) is 0 Å². The number of nitrogens with zero attached hydrogens (tertiary/aromatic N) is 2. The van der Waals surface area contributed by atoms with E-state index >= 15 is 0 Å². The van der Waals surface area contributed by atoms with E-state index in [2.05, 4.69) is 19.9 Å². The fourth-order valence-corrected chi connectivity index (χ4v) is 3.75. The van der Waals surface area contributed by atoms with E-state index < -0.39 is 10.0 Å². The Hall–Kier alpha value is -3.45. The van der Waals surface area contributed by atoms with Crippen molar-refractivity contribution in [2.45, 2.75) is 4.90 Å². The summed E-state index contributed by atoms with van der Waals surface area (Å²) in [6, 6.07) is 21.7. The molecule has 0 atom stereocenters. The van der Waals surface area contributed by atoms with Crippen LogP contribution in [0, 0.1) is 0 Å². The van der Waals surface area contributed by atoms with Gasteiger partial charge in [0.25, 0.3) is 10.0 Å². The molecule has 4 aromatic rings. The summed E-state index contributed by atoms with van der Waals surface area (Å²) >= 11 is 0. The highest BCUT2D eigenvalue weighted by atomic mass is 32.2. The van der Waals surface area contributed by atoms with Gasteiger partial charge in [0.15, 0.2) is 5.82 Å². The molecule has 6 nitrogen and oxygen atoms in total. The van der Waals surface area contributed by atoms with Gasteiger partial charge in [0.2, 0.25) is 0 Å². The number of H-pyrrole nitrogens is 1. The van der Waals surface area contributed by atoms with Gasteiger partial charge in [-0.1, -0.05) is 42.5 Å². The fraction of sp³-hybridized carbons (Fsp3) is 0. The maximum absolute atomic E-state index is 12.8. The molecule has 2 aromatic heterocycles. The molecule has 7 heteroatoms. The van der Waals surface area contributed by atoms with Crippen LogP contribution in [0.3, 0.4) is 0 Å². The average molecular weight is 376 g/mol. The molecule has 0 fully saturated rings. The lowest BCUT2D eigenvalue weighted by Gasteiger charge is -2.07. The third-order valence-electron chi connectivity index (χ3n) is 4.04. The van der Waals surface area contributed by atoms with E-state index in [1.807, 2.05) is 42.5 Å². The van der Waals surface area contributed by atoms with Crippen molar-refractivity contribution in [1.29, 1.82) is 0 Å². The first-order valence-electron chi connectivity index (χ1n) is 8.26. The first-order chi connectivity index (χ1) is 13.1. The van der Waals surface area contributed by atoms with E-state index in [1.165, 1.54) is 0 Å². The number of nitrogens with one attached hydrogen (secondary N) is 2. The van der Waals surface area contributed by atoms with Gasteiger partial charge in [0, 0.05) is 24.0 Å². The van der Waals surface area contributed by atoms with Crippen LogP contribution in [-0.2, 0) is 10.0 Å². The third-order valence-corrected chi connectivity index (χ3v) is 5.39. The van der Waals surface area contributed by atoms with Crippen LogP contribution in [0.2, 0.25) is 0 Å². The summed E-state index contributed by atoms with van der Waals surface area (Å²) in [5.74, 6) is 0.221. The second-order valence-corrected chi connectivity index (χ2v) is 7.59. The normalized spacial score (nSPS) is 11.3. The van der Waals surface area contributed by atoms with Crippen molar-refractivity contribution in [1.82, 2.24) is 15.2 Å². The van der Waals surface area contributed by atoms with E-state index in [4.69, 9.17) is 0 Å². The predicted octanol–water partition coefficient (Wildman–Crippen LogP) is 3.94. The molecular formula is C20H16N4O2S. The number of rotatable bonds is 5. The molecule has 2 N–H and O–H groups in total. The molecule has 0 amide bonds. The number of benzene rings is 2. The Bertz CT molecular complexity index is 1160. The van der Waals surface area contributed by atoms with Crippen LogP contribution in [0.1, 0.15) is 0 Å². The van der Waals surface area contributed by atoms with Gasteiger partial charge in [-0.2, -0.15) is 5.10 Å². The molecular weight excluding hydrogens is 360 g/mol. The average Bonchev–Trinajstić information content (AvgIpc) is 3.17. The minimum absolute atomic E-state index is 0.176. The van der Waals surface area contributed by atoms with Gasteiger partial charge in [-0.3, -0.25) is 14.8 Å². The Morgan fingerprint density at radius 2 is 1.59 bits per heavy atom. The van der Waals surface area contributed by atoms with Crippen molar-refractivity contribution < 1.29 is 8.42 Å². The molecule has 2 aromatic carbocycles. The van der Waals surface area contributed by atoms with Crippen molar-refractivity contribution >= 4 is 15.8 Å². The van der Waals surface area contributed by atoms with Crippen LogP contribution in [0.5, 0.6) is 0 Å². The summed E-state index contributed by atoms with van der Waals surface area (Å²) in [7, 11) is -3.76. The van der Waals surface area contributed by atoms with E-state index in [9.17, 15) is 8.42 Å². The SMILES string of the molecule is O=S(=O)(Nc1cc(-c2cccnc2)[nH]n1)c1cccc(-c2ccccc2)c1. The maximum atomic E-state index is 12.8. The van der Waals surface area contributed by atoms with Crippen molar-refractivity contribution in [3.8, 4) is 22.4 Å². The Morgan fingerprint density at radius 3 is 2.37 bits per heavy atom. The van der Waals surface area contributed by atoms with E-state index in [1.54, 1.807) is 42.7 Å². The Labute approximate surface area is 157 Å². The quantitative estimate of drug-likeness (QED) is 0.552. The number of pyridine rings is 1. The molecule has 0 aliphatic heterocycles. The number of anilines is 1. The minimum atomic E-state index is -3.76. The first kappa shape index (κ1) is 17.0. The number of sulfonamides is 1. The molecule has 2 heterocycles. The van der Waals surface area contributed by atoms with Gasteiger partial charge in [-0.05, 0) is 35.4 Å². The molecule has 0 saturated carbocycles. The van der Waals surface area contributed by atoms with Gasteiger partial charge in [0.1, 0.15) is 0 Å². The highest BCUT2D eigenvalue weighted by Gasteiger charge is 2.17. The van der Waals surface area contributed by atoms with E-state index in [0.29, 0.717) is 5.69 Å². The van der Waals surface area contributed by atoms with Gasteiger partial charge in [-0.15, -0.1) is 0 Å². The monoisotopic (exact) mass is 376 g/mol. The molecule has 27 heavy (non-hydrogen) atoms. The summed E-state index contributed by atoms with van der Waals surface area (Å²) in [6.07, 6.45) is 3.35. The molecule has 4 rings (SSSR count).